The number of rotatable bonds is 6. The summed E-state index contributed by atoms with van der Waals surface area (Å²) in [6.07, 6.45) is 7.39. The number of nitrogens with zero attached hydrogens (tertiary/aromatic N) is 3. The first-order chi connectivity index (χ1) is 12.2. The average Bonchev–Trinajstić information content (AvgIpc) is 3.01. The maximum Gasteiger partial charge on any atom is 0.204 e. The zero-order chi connectivity index (χ0) is 17.6. The van der Waals surface area contributed by atoms with Gasteiger partial charge in [0.25, 0.3) is 0 Å². The van der Waals surface area contributed by atoms with E-state index in [-0.39, 0.29) is 0 Å². The van der Waals surface area contributed by atoms with E-state index in [9.17, 15) is 0 Å². The van der Waals surface area contributed by atoms with Crippen LogP contribution in [0.3, 0.4) is 0 Å². The topological polar surface area (TPSA) is 50.2 Å². The minimum Gasteiger partial charge on any atom is -0.264 e. The molecule has 0 aliphatic carbocycles. The van der Waals surface area contributed by atoms with E-state index in [0.717, 1.165) is 29.2 Å². The molecular weight excluding hydrogens is 328 g/mol. The Morgan fingerprint density at radius 1 is 1.20 bits per heavy atom. The van der Waals surface area contributed by atoms with Gasteiger partial charge in [-0.25, -0.2) is 4.98 Å². The van der Waals surface area contributed by atoms with Crippen LogP contribution < -0.4 is 5.43 Å². The highest BCUT2D eigenvalue weighted by atomic mass is 32.1. The fourth-order valence-electron chi connectivity index (χ4n) is 2.52. The lowest BCUT2D eigenvalue weighted by molar-refractivity contribution is 0.938. The molecule has 128 valence electrons. The lowest BCUT2D eigenvalue weighted by Gasteiger charge is -2.05. The van der Waals surface area contributed by atoms with Gasteiger partial charge in [-0.3, -0.25) is 10.4 Å². The lowest BCUT2D eigenvalue weighted by atomic mass is 10.0. The molecule has 0 spiro atoms. The van der Waals surface area contributed by atoms with E-state index < -0.39 is 0 Å². The molecule has 2 heterocycles. The van der Waals surface area contributed by atoms with E-state index in [1.807, 2.05) is 12.1 Å². The molecule has 2 aromatic heterocycles. The SMILES string of the molecule is CCCc1sc(N/N=C\c2cccnc2)nc1-c1ccc(C)c(C)c1. The Hall–Kier alpha value is -2.53. The molecule has 0 fully saturated rings. The molecule has 3 rings (SSSR count). The van der Waals surface area contributed by atoms with Crippen LogP contribution in [-0.4, -0.2) is 16.2 Å². The van der Waals surface area contributed by atoms with Gasteiger partial charge in [0.2, 0.25) is 5.13 Å². The standard InChI is InChI=1S/C20H22N4S/c1-4-6-18-19(17-9-8-14(2)15(3)11-17)23-20(25-18)24-22-13-16-7-5-10-21-12-16/h5,7-13H,4,6H2,1-3H3,(H,23,24)/b22-13-. The Kier molecular flexibility index (Phi) is 5.56. The Morgan fingerprint density at radius 3 is 2.80 bits per heavy atom. The van der Waals surface area contributed by atoms with Gasteiger partial charge in [-0.05, 0) is 43.5 Å². The van der Waals surface area contributed by atoms with E-state index in [1.54, 1.807) is 29.9 Å². The van der Waals surface area contributed by atoms with Crippen molar-refractivity contribution in [1.29, 1.82) is 0 Å². The maximum absolute atomic E-state index is 4.78. The summed E-state index contributed by atoms with van der Waals surface area (Å²) in [5.41, 5.74) is 8.84. The molecule has 25 heavy (non-hydrogen) atoms. The molecule has 0 saturated carbocycles. The van der Waals surface area contributed by atoms with Crippen molar-refractivity contribution < 1.29 is 0 Å². The summed E-state index contributed by atoms with van der Waals surface area (Å²) in [7, 11) is 0. The normalized spacial score (nSPS) is 11.2. The second-order valence-electron chi connectivity index (χ2n) is 6.00. The van der Waals surface area contributed by atoms with Crippen molar-refractivity contribution in [2.75, 3.05) is 5.43 Å². The van der Waals surface area contributed by atoms with Gasteiger partial charge < -0.3 is 0 Å². The summed E-state index contributed by atoms with van der Waals surface area (Å²) in [5, 5.41) is 5.10. The molecule has 3 aromatic rings. The highest BCUT2D eigenvalue weighted by Crippen LogP contribution is 2.33. The third-order valence-electron chi connectivity index (χ3n) is 4.01. The van der Waals surface area contributed by atoms with Crippen LogP contribution in [-0.2, 0) is 6.42 Å². The van der Waals surface area contributed by atoms with Crippen molar-refractivity contribution in [2.45, 2.75) is 33.6 Å². The van der Waals surface area contributed by atoms with Crippen LogP contribution in [0.15, 0.2) is 47.8 Å². The predicted octanol–water partition coefficient (Wildman–Crippen LogP) is 5.22. The summed E-state index contributed by atoms with van der Waals surface area (Å²) in [6, 6.07) is 10.4. The van der Waals surface area contributed by atoms with Crippen molar-refractivity contribution in [3.63, 3.8) is 0 Å². The lowest BCUT2D eigenvalue weighted by Crippen LogP contribution is -1.91. The summed E-state index contributed by atoms with van der Waals surface area (Å²) >= 11 is 1.67. The highest BCUT2D eigenvalue weighted by Gasteiger charge is 2.13. The van der Waals surface area contributed by atoms with Crippen LogP contribution in [0.1, 0.15) is 34.9 Å². The van der Waals surface area contributed by atoms with Crippen LogP contribution in [0.2, 0.25) is 0 Å². The van der Waals surface area contributed by atoms with E-state index >= 15 is 0 Å². The van der Waals surface area contributed by atoms with Gasteiger partial charge >= 0.3 is 0 Å². The molecule has 0 atom stereocenters. The van der Waals surface area contributed by atoms with Gasteiger partial charge in [-0.1, -0.05) is 42.9 Å². The monoisotopic (exact) mass is 350 g/mol. The first-order valence-electron chi connectivity index (χ1n) is 8.44. The number of hydrogen-bond acceptors (Lipinski definition) is 5. The molecule has 1 aromatic carbocycles. The third-order valence-corrected chi connectivity index (χ3v) is 5.03. The van der Waals surface area contributed by atoms with E-state index in [1.165, 1.54) is 21.6 Å². The summed E-state index contributed by atoms with van der Waals surface area (Å²) in [4.78, 5) is 10.2. The molecule has 0 bridgehead atoms. The van der Waals surface area contributed by atoms with Gasteiger partial charge in [-0.2, -0.15) is 5.10 Å². The number of aryl methyl sites for hydroxylation is 3. The van der Waals surface area contributed by atoms with Gasteiger partial charge in [0.1, 0.15) is 0 Å². The molecule has 4 nitrogen and oxygen atoms in total. The summed E-state index contributed by atoms with van der Waals surface area (Å²) < 4.78 is 0. The molecule has 0 saturated heterocycles. The van der Waals surface area contributed by atoms with Crippen molar-refractivity contribution in [1.82, 2.24) is 9.97 Å². The van der Waals surface area contributed by atoms with Gasteiger partial charge in [-0.15, -0.1) is 0 Å². The number of benzene rings is 1. The Bertz CT molecular complexity index is 869. The highest BCUT2D eigenvalue weighted by molar-refractivity contribution is 7.16. The number of aromatic nitrogens is 2. The number of hydrazone groups is 1. The number of pyridine rings is 1. The molecule has 0 radical (unpaired) electrons. The number of hydrogen-bond donors (Lipinski definition) is 1. The van der Waals surface area contributed by atoms with E-state index in [2.05, 4.69) is 54.5 Å². The maximum atomic E-state index is 4.78. The van der Waals surface area contributed by atoms with Crippen LogP contribution in [0.5, 0.6) is 0 Å². The number of anilines is 1. The first kappa shape index (κ1) is 17.3. The fraction of sp³-hybridized carbons (Fsp3) is 0.250. The smallest absolute Gasteiger partial charge is 0.204 e. The molecule has 1 N–H and O–H groups in total. The Morgan fingerprint density at radius 2 is 2.08 bits per heavy atom. The average molecular weight is 350 g/mol. The summed E-state index contributed by atoms with van der Waals surface area (Å²) in [6.45, 7) is 6.47. The number of nitrogens with one attached hydrogen (secondary N) is 1. The predicted molar refractivity (Wildman–Crippen MR) is 106 cm³/mol. The molecule has 0 amide bonds. The molecular formula is C20H22N4S. The molecule has 0 unspecified atom stereocenters. The van der Waals surface area contributed by atoms with E-state index in [4.69, 9.17) is 4.98 Å². The first-order valence-corrected chi connectivity index (χ1v) is 9.25. The second kappa shape index (κ2) is 8.03. The van der Waals surface area contributed by atoms with Gasteiger partial charge in [0.15, 0.2) is 0 Å². The third kappa shape index (κ3) is 4.31. The van der Waals surface area contributed by atoms with Crippen molar-refractivity contribution in [3.8, 4) is 11.3 Å². The molecule has 0 aliphatic heterocycles. The van der Waals surface area contributed by atoms with Crippen LogP contribution >= 0.6 is 11.3 Å². The zero-order valence-electron chi connectivity index (χ0n) is 14.8. The second-order valence-corrected chi connectivity index (χ2v) is 7.08. The van der Waals surface area contributed by atoms with Crippen molar-refractivity contribution in [3.05, 3.63) is 64.3 Å². The molecule has 5 heteroatoms. The Balaban J connectivity index is 1.84. The largest absolute Gasteiger partial charge is 0.264 e. The van der Waals surface area contributed by atoms with Crippen molar-refractivity contribution >= 4 is 22.7 Å². The quantitative estimate of drug-likeness (QED) is 0.490. The fourth-order valence-corrected chi connectivity index (χ4v) is 3.56. The van der Waals surface area contributed by atoms with Crippen LogP contribution in [0.4, 0.5) is 5.13 Å². The number of thiazole rings is 1. The van der Waals surface area contributed by atoms with E-state index in [0.29, 0.717) is 0 Å². The summed E-state index contributed by atoms with van der Waals surface area (Å²) in [5.74, 6) is 0. The van der Waals surface area contributed by atoms with Crippen molar-refractivity contribution in [2.24, 2.45) is 5.10 Å². The van der Waals surface area contributed by atoms with Gasteiger partial charge in [0.05, 0.1) is 11.9 Å². The zero-order valence-corrected chi connectivity index (χ0v) is 15.6. The van der Waals surface area contributed by atoms with Gasteiger partial charge in [0, 0.05) is 28.4 Å². The molecule has 0 aliphatic rings. The van der Waals surface area contributed by atoms with Crippen LogP contribution in [0, 0.1) is 13.8 Å². The van der Waals surface area contributed by atoms with Crippen LogP contribution in [0.25, 0.3) is 11.3 Å². The Labute approximate surface area is 152 Å². The minimum atomic E-state index is 0.816. The minimum absolute atomic E-state index is 0.816.